The first-order valence-electron chi connectivity index (χ1n) is 4.26. The summed E-state index contributed by atoms with van der Waals surface area (Å²) in [6.45, 7) is 2.41. The van der Waals surface area contributed by atoms with Gasteiger partial charge in [-0.25, -0.2) is 0 Å². The second kappa shape index (κ2) is 5.60. The maximum atomic E-state index is 10.7. The Morgan fingerprint density at radius 2 is 2.29 bits per heavy atom. The zero-order valence-electron chi connectivity index (χ0n) is 7.87. The van der Waals surface area contributed by atoms with Gasteiger partial charge in [0.1, 0.15) is 12.4 Å². The Bertz CT molecular complexity index is 345. The molecule has 0 aliphatic heterocycles. The smallest absolute Gasteiger partial charge is 0.153 e. The number of carbonyl (C=O) groups is 1. The van der Waals surface area contributed by atoms with Crippen molar-refractivity contribution in [2.75, 3.05) is 6.61 Å². The van der Waals surface area contributed by atoms with Crippen molar-refractivity contribution in [3.05, 3.63) is 40.4 Å². The molecular formula is C11H11BrO2. The predicted octanol–water partition coefficient (Wildman–Crippen LogP) is 3.22. The van der Waals surface area contributed by atoms with E-state index in [0.29, 0.717) is 17.9 Å². The molecular weight excluding hydrogens is 244 g/mol. The zero-order chi connectivity index (χ0) is 10.4. The van der Waals surface area contributed by atoms with Crippen LogP contribution in [0.4, 0.5) is 0 Å². The lowest BCUT2D eigenvalue weighted by Gasteiger charge is -2.05. The molecule has 3 heteroatoms. The summed E-state index contributed by atoms with van der Waals surface area (Å²) in [4.78, 5) is 10.7. The normalized spacial score (nSPS) is 10.4. The van der Waals surface area contributed by atoms with Gasteiger partial charge in [0.15, 0.2) is 6.29 Å². The van der Waals surface area contributed by atoms with Crippen molar-refractivity contribution in [3.63, 3.8) is 0 Å². The minimum atomic E-state index is 0.485. The first kappa shape index (κ1) is 11.0. The molecule has 0 aliphatic carbocycles. The molecule has 0 saturated heterocycles. The summed E-state index contributed by atoms with van der Waals surface area (Å²) in [6.07, 6.45) is 4.58. The molecule has 0 N–H and O–H groups in total. The maximum Gasteiger partial charge on any atom is 0.153 e. The van der Waals surface area contributed by atoms with E-state index < -0.39 is 0 Å². The molecule has 74 valence electrons. The Morgan fingerprint density at radius 3 is 2.93 bits per heavy atom. The molecule has 0 radical (unpaired) electrons. The predicted molar refractivity (Wildman–Crippen MR) is 59.8 cm³/mol. The molecule has 2 nitrogen and oxygen atoms in total. The minimum absolute atomic E-state index is 0.485. The van der Waals surface area contributed by atoms with Crippen LogP contribution in [0.25, 0.3) is 0 Å². The molecule has 1 aromatic rings. The van der Waals surface area contributed by atoms with Crippen LogP contribution in [-0.4, -0.2) is 12.9 Å². The molecule has 0 spiro atoms. The SMILES string of the molecule is C/C=C/COc1ccc(Br)cc1C=O. The lowest BCUT2D eigenvalue weighted by molar-refractivity contribution is 0.112. The molecule has 0 amide bonds. The summed E-state index contributed by atoms with van der Waals surface area (Å²) >= 11 is 3.29. The van der Waals surface area contributed by atoms with Crippen LogP contribution in [0.15, 0.2) is 34.8 Å². The van der Waals surface area contributed by atoms with Gasteiger partial charge in [-0.3, -0.25) is 4.79 Å². The van der Waals surface area contributed by atoms with E-state index in [1.165, 1.54) is 0 Å². The number of allylic oxidation sites excluding steroid dienone is 1. The molecule has 0 bridgehead atoms. The fourth-order valence-electron chi connectivity index (χ4n) is 0.977. The number of carbonyl (C=O) groups excluding carboxylic acids is 1. The topological polar surface area (TPSA) is 26.3 Å². The van der Waals surface area contributed by atoms with E-state index in [2.05, 4.69) is 15.9 Å². The highest BCUT2D eigenvalue weighted by atomic mass is 79.9. The summed E-state index contributed by atoms with van der Waals surface area (Å²) in [5.41, 5.74) is 0.559. The largest absolute Gasteiger partial charge is 0.489 e. The zero-order valence-corrected chi connectivity index (χ0v) is 9.45. The van der Waals surface area contributed by atoms with E-state index in [0.717, 1.165) is 10.8 Å². The second-order valence-electron chi connectivity index (χ2n) is 2.68. The Kier molecular flexibility index (Phi) is 4.40. The van der Waals surface area contributed by atoms with Crippen LogP contribution in [0.2, 0.25) is 0 Å². The Hall–Kier alpha value is -1.09. The number of rotatable bonds is 4. The number of hydrogen-bond donors (Lipinski definition) is 0. The van der Waals surface area contributed by atoms with Gasteiger partial charge in [-0.05, 0) is 25.1 Å². The summed E-state index contributed by atoms with van der Waals surface area (Å²) in [5.74, 6) is 0.612. The third-order valence-corrected chi connectivity index (χ3v) is 2.16. The van der Waals surface area contributed by atoms with Crippen LogP contribution in [0.5, 0.6) is 5.75 Å². The van der Waals surface area contributed by atoms with E-state index >= 15 is 0 Å². The molecule has 0 unspecified atom stereocenters. The monoisotopic (exact) mass is 254 g/mol. The number of halogens is 1. The van der Waals surface area contributed by atoms with Crippen molar-refractivity contribution in [1.29, 1.82) is 0 Å². The molecule has 14 heavy (non-hydrogen) atoms. The maximum absolute atomic E-state index is 10.7. The van der Waals surface area contributed by atoms with Gasteiger partial charge >= 0.3 is 0 Å². The fraction of sp³-hybridized carbons (Fsp3) is 0.182. The van der Waals surface area contributed by atoms with E-state index in [1.54, 1.807) is 12.1 Å². The van der Waals surface area contributed by atoms with E-state index in [1.807, 2.05) is 25.1 Å². The van der Waals surface area contributed by atoms with E-state index in [9.17, 15) is 4.79 Å². The van der Waals surface area contributed by atoms with Gasteiger partial charge in [0.2, 0.25) is 0 Å². The van der Waals surface area contributed by atoms with Crippen molar-refractivity contribution in [3.8, 4) is 5.75 Å². The molecule has 0 saturated carbocycles. The van der Waals surface area contributed by atoms with Crippen molar-refractivity contribution in [2.45, 2.75) is 6.92 Å². The number of hydrogen-bond acceptors (Lipinski definition) is 2. The Morgan fingerprint density at radius 1 is 1.50 bits per heavy atom. The van der Waals surface area contributed by atoms with E-state index in [-0.39, 0.29) is 0 Å². The highest BCUT2D eigenvalue weighted by molar-refractivity contribution is 9.10. The standard InChI is InChI=1S/C11H11BrO2/c1-2-3-6-14-11-5-4-10(12)7-9(11)8-13/h2-5,7-8H,6H2,1H3/b3-2+. The van der Waals surface area contributed by atoms with Crippen LogP contribution in [0.3, 0.4) is 0 Å². The Balaban J connectivity index is 2.80. The highest BCUT2D eigenvalue weighted by Crippen LogP contribution is 2.21. The van der Waals surface area contributed by atoms with Gasteiger partial charge in [-0.15, -0.1) is 0 Å². The van der Waals surface area contributed by atoms with Crippen molar-refractivity contribution in [2.24, 2.45) is 0 Å². The van der Waals surface area contributed by atoms with Crippen LogP contribution >= 0.6 is 15.9 Å². The van der Waals surface area contributed by atoms with Crippen LogP contribution in [-0.2, 0) is 0 Å². The molecule has 0 aromatic heterocycles. The van der Waals surface area contributed by atoms with Gasteiger partial charge in [-0.1, -0.05) is 28.1 Å². The average molecular weight is 255 g/mol. The molecule has 0 aliphatic rings. The summed E-state index contributed by atoms with van der Waals surface area (Å²) in [7, 11) is 0. The molecule has 0 atom stereocenters. The van der Waals surface area contributed by atoms with Crippen LogP contribution in [0.1, 0.15) is 17.3 Å². The van der Waals surface area contributed by atoms with E-state index in [4.69, 9.17) is 4.74 Å². The van der Waals surface area contributed by atoms with Crippen LogP contribution in [0, 0.1) is 0 Å². The number of ether oxygens (including phenoxy) is 1. The molecule has 0 heterocycles. The minimum Gasteiger partial charge on any atom is -0.489 e. The summed E-state index contributed by atoms with van der Waals surface area (Å²) in [6, 6.07) is 5.35. The fourth-order valence-corrected chi connectivity index (χ4v) is 1.36. The van der Waals surface area contributed by atoms with Crippen molar-refractivity contribution in [1.82, 2.24) is 0 Å². The van der Waals surface area contributed by atoms with Gasteiger partial charge < -0.3 is 4.74 Å². The van der Waals surface area contributed by atoms with Gasteiger partial charge in [-0.2, -0.15) is 0 Å². The summed E-state index contributed by atoms with van der Waals surface area (Å²) in [5, 5.41) is 0. The lowest BCUT2D eigenvalue weighted by atomic mass is 10.2. The van der Waals surface area contributed by atoms with Gasteiger partial charge in [0.05, 0.1) is 5.56 Å². The number of benzene rings is 1. The first-order chi connectivity index (χ1) is 6.77. The van der Waals surface area contributed by atoms with Gasteiger partial charge in [0.25, 0.3) is 0 Å². The molecule has 1 rings (SSSR count). The number of aldehydes is 1. The van der Waals surface area contributed by atoms with Crippen LogP contribution < -0.4 is 4.74 Å². The van der Waals surface area contributed by atoms with Gasteiger partial charge in [0, 0.05) is 4.47 Å². The first-order valence-corrected chi connectivity index (χ1v) is 5.06. The van der Waals surface area contributed by atoms with Crippen molar-refractivity contribution >= 4 is 22.2 Å². The lowest BCUT2D eigenvalue weighted by Crippen LogP contribution is -1.96. The van der Waals surface area contributed by atoms with Crippen molar-refractivity contribution < 1.29 is 9.53 Å². The molecule has 0 fully saturated rings. The second-order valence-corrected chi connectivity index (χ2v) is 3.60. The Labute approximate surface area is 91.7 Å². The highest BCUT2D eigenvalue weighted by Gasteiger charge is 2.02. The quantitative estimate of drug-likeness (QED) is 0.610. The average Bonchev–Trinajstić information content (AvgIpc) is 2.20. The molecule has 1 aromatic carbocycles. The third-order valence-electron chi connectivity index (χ3n) is 1.67. The summed E-state index contributed by atoms with van der Waals surface area (Å²) < 4.78 is 6.26. The third kappa shape index (κ3) is 3.00.